The maximum Gasteiger partial charge on any atom is 0.350 e. The molecule has 0 unspecified atom stereocenters. The second-order valence-corrected chi connectivity index (χ2v) is 4.67. The molecular formula is C11H8BrN5O. The van der Waals surface area contributed by atoms with Crippen LogP contribution in [0.25, 0.3) is 5.65 Å². The van der Waals surface area contributed by atoms with E-state index in [-0.39, 0.29) is 5.69 Å². The summed E-state index contributed by atoms with van der Waals surface area (Å²) in [5, 5.41) is 4.20. The molecule has 3 heterocycles. The van der Waals surface area contributed by atoms with Gasteiger partial charge in [0, 0.05) is 29.3 Å². The third kappa shape index (κ3) is 1.92. The Morgan fingerprint density at radius 1 is 1.22 bits per heavy atom. The molecule has 0 aliphatic heterocycles. The highest BCUT2D eigenvalue weighted by atomic mass is 79.9. The maximum absolute atomic E-state index is 12.0. The van der Waals surface area contributed by atoms with Crippen molar-refractivity contribution in [2.24, 2.45) is 0 Å². The third-order valence-corrected chi connectivity index (χ3v) is 2.92. The fraction of sp³-hybridized carbons (Fsp3) is 0.0909. The molecule has 6 nitrogen and oxygen atoms in total. The average molecular weight is 306 g/mol. The largest absolute Gasteiger partial charge is 0.350 e. The molecule has 0 aliphatic rings. The smallest absolute Gasteiger partial charge is 0.263 e. The van der Waals surface area contributed by atoms with Gasteiger partial charge >= 0.3 is 5.69 Å². The number of pyridine rings is 1. The Hall–Kier alpha value is -2.02. The Bertz CT molecular complexity index is 763. The summed E-state index contributed by atoms with van der Waals surface area (Å²) in [5.41, 5.74) is 1.25. The molecule has 0 atom stereocenters. The Balaban J connectivity index is 2.05. The molecule has 0 aliphatic carbocycles. The Morgan fingerprint density at radius 2 is 2.11 bits per heavy atom. The molecule has 0 bridgehead atoms. The van der Waals surface area contributed by atoms with Crippen LogP contribution in [0.1, 0.15) is 5.56 Å². The molecule has 0 N–H and O–H groups in total. The van der Waals surface area contributed by atoms with E-state index in [4.69, 9.17) is 0 Å². The third-order valence-electron chi connectivity index (χ3n) is 2.48. The van der Waals surface area contributed by atoms with Gasteiger partial charge in [0.1, 0.15) is 0 Å². The molecule has 3 rings (SSSR count). The summed E-state index contributed by atoms with van der Waals surface area (Å²) < 4.78 is 3.72. The highest BCUT2D eigenvalue weighted by Gasteiger charge is 2.07. The number of nitrogens with zero attached hydrogens (tertiary/aromatic N) is 5. The van der Waals surface area contributed by atoms with Gasteiger partial charge in [-0.3, -0.25) is 9.97 Å². The molecule has 0 amide bonds. The lowest BCUT2D eigenvalue weighted by Gasteiger charge is -1.99. The first-order valence-electron chi connectivity index (χ1n) is 5.23. The summed E-state index contributed by atoms with van der Waals surface area (Å²) in [5.74, 6) is 0. The van der Waals surface area contributed by atoms with Crippen LogP contribution >= 0.6 is 15.9 Å². The number of hydrogen-bond acceptors (Lipinski definition) is 4. The van der Waals surface area contributed by atoms with Crippen LogP contribution in [0.2, 0.25) is 0 Å². The summed E-state index contributed by atoms with van der Waals surface area (Å²) in [6.45, 7) is 0.382. The van der Waals surface area contributed by atoms with Crippen LogP contribution in [-0.2, 0) is 6.54 Å². The van der Waals surface area contributed by atoms with Crippen LogP contribution in [0.5, 0.6) is 0 Å². The zero-order chi connectivity index (χ0) is 12.5. The van der Waals surface area contributed by atoms with Crippen LogP contribution in [0.4, 0.5) is 0 Å². The predicted molar refractivity (Wildman–Crippen MR) is 68.3 cm³/mol. The molecule has 7 heteroatoms. The second-order valence-electron chi connectivity index (χ2n) is 3.76. The van der Waals surface area contributed by atoms with E-state index in [0.717, 1.165) is 10.0 Å². The predicted octanol–water partition coefficient (Wildman–Crippen LogP) is 1.10. The molecule has 3 aromatic rings. The van der Waals surface area contributed by atoms with Crippen molar-refractivity contribution >= 4 is 21.6 Å². The molecule has 0 radical (unpaired) electrons. The van der Waals surface area contributed by atoms with Gasteiger partial charge in [-0.1, -0.05) is 0 Å². The van der Waals surface area contributed by atoms with E-state index in [1.165, 1.54) is 9.08 Å². The lowest BCUT2D eigenvalue weighted by atomic mass is 10.3. The van der Waals surface area contributed by atoms with Gasteiger partial charge in [0.25, 0.3) is 0 Å². The maximum atomic E-state index is 12.0. The van der Waals surface area contributed by atoms with Gasteiger partial charge < -0.3 is 0 Å². The van der Waals surface area contributed by atoms with Crippen molar-refractivity contribution in [2.45, 2.75) is 6.54 Å². The molecule has 3 aromatic heterocycles. The highest BCUT2D eigenvalue weighted by Crippen LogP contribution is 2.10. The van der Waals surface area contributed by atoms with Crippen LogP contribution in [0.15, 0.2) is 46.3 Å². The lowest BCUT2D eigenvalue weighted by molar-refractivity contribution is 0.656. The van der Waals surface area contributed by atoms with Crippen molar-refractivity contribution in [1.82, 2.24) is 24.1 Å². The van der Waals surface area contributed by atoms with E-state index < -0.39 is 0 Å². The van der Waals surface area contributed by atoms with Crippen LogP contribution in [0, 0.1) is 0 Å². The van der Waals surface area contributed by atoms with Crippen molar-refractivity contribution < 1.29 is 0 Å². The standard InChI is InChI=1S/C11H8BrN5O/c12-9-3-8(4-14-5-9)7-17-11(18)16-2-1-13-6-10(16)15-17/h1-6H,7H2. The zero-order valence-corrected chi connectivity index (χ0v) is 10.8. The first-order chi connectivity index (χ1) is 8.74. The molecule has 0 fully saturated rings. The summed E-state index contributed by atoms with van der Waals surface area (Å²) in [4.78, 5) is 20.0. The molecule has 90 valence electrons. The van der Waals surface area contributed by atoms with Crippen LogP contribution < -0.4 is 5.69 Å². The van der Waals surface area contributed by atoms with E-state index in [9.17, 15) is 4.79 Å². The molecule has 0 aromatic carbocycles. The van der Waals surface area contributed by atoms with Crippen molar-refractivity contribution in [3.63, 3.8) is 0 Å². The van der Waals surface area contributed by atoms with E-state index in [1.807, 2.05) is 6.07 Å². The molecule has 0 saturated heterocycles. The quantitative estimate of drug-likeness (QED) is 0.711. The number of fused-ring (bicyclic) bond motifs is 1. The minimum Gasteiger partial charge on any atom is -0.263 e. The molecular weight excluding hydrogens is 298 g/mol. The van der Waals surface area contributed by atoms with Crippen molar-refractivity contribution in [2.75, 3.05) is 0 Å². The summed E-state index contributed by atoms with van der Waals surface area (Å²) in [7, 11) is 0. The molecule has 18 heavy (non-hydrogen) atoms. The first-order valence-corrected chi connectivity index (χ1v) is 6.02. The topological polar surface area (TPSA) is 65.1 Å². The Labute approximate surface area is 110 Å². The highest BCUT2D eigenvalue weighted by molar-refractivity contribution is 9.10. The normalized spacial score (nSPS) is 10.9. The minimum absolute atomic E-state index is 0.188. The summed E-state index contributed by atoms with van der Waals surface area (Å²) >= 11 is 3.34. The van der Waals surface area contributed by atoms with Gasteiger partial charge in [-0.2, -0.15) is 0 Å². The molecule has 0 saturated carbocycles. The van der Waals surface area contributed by atoms with Gasteiger partial charge in [-0.25, -0.2) is 13.9 Å². The SMILES string of the molecule is O=c1n(Cc2cncc(Br)c2)nc2cnccn12. The first kappa shape index (κ1) is 11.1. The van der Waals surface area contributed by atoms with Gasteiger partial charge in [0.2, 0.25) is 0 Å². The van der Waals surface area contributed by atoms with Crippen LogP contribution in [0.3, 0.4) is 0 Å². The van der Waals surface area contributed by atoms with E-state index >= 15 is 0 Å². The Kier molecular flexibility index (Phi) is 2.67. The van der Waals surface area contributed by atoms with E-state index in [2.05, 4.69) is 31.0 Å². The van der Waals surface area contributed by atoms with Crippen molar-refractivity contribution in [3.8, 4) is 0 Å². The monoisotopic (exact) mass is 305 g/mol. The number of hydrogen-bond donors (Lipinski definition) is 0. The van der Waals surface area contributed by atoms with Gasteiger partial charge in [-0.15, -0.1) is 5.10 Å². The second kappa shape index (κ2) is 4.34. The van der Waals surface area contributed by atoms with Crippen LogP contribution in [-0.4, -0.2) is 24.1 Å². The van der Waals surface area contributed by atoms with Crippen molar-refractivity contribution in [1.29, 1.82) is 0 Å². The Morgan fingerprint density at radius 3 is 2.89 bits per heavy atom. The van der Waals surface area contributed by atoms with E-state index in [1.54, 1.807) is 31.0 Å². The average Bonchev–Trinajstić information content (AvgIpc) is 2.67. The van der Waals surface area contributed by atoms with Gasteiger partial charge in [-0.05, 0) is 27.6 Å². The van der Waals surface area contributed by atoms with Crippen molar-refractivity contribution in [3.05, 3.63) is 57.6 Å². The zero-order valence-electron chi connectivity index (χ0n) is 9.19. The number of halogens is 1. The van der Waals surface area contributed by atoms with Gasteiger partial charge in [0.05, 0.1) is 12.7 Å². The fourth-order valence-corrected chi connectivity index (χ4v) is 2.11. The summed E-state index contributed by atoms with van der Waals surface area (Å²) in [6, 6.07) is 1.90. The summed E-state index contributed by atoms with van der Waals surface area (Å²) in [6.07, 6.45) is 8.11. The van der Waals surface area contributed by atoms with Gasteiger partial charge in [0.15, 0.2) is 5.65 Å². The molecule has 0 spiro atoms. The lowest BCUT2D eigenvalue weighted by Crippen LogP contribution is -2.21. The fourth-order valence-electron chi connectivity index (χ4n) is 1.70. The number of rotatable bonds is 2. The van der Waals surface area contributed by atoms with E-state index in [0.29, 0.717) is 12.2 Å². The number of aromatic nitrogens is 5. The minimum atomic E-state index is -0.188.